The summed E-state index contributed by atoms with van der Waals surface area (Å²) in [4.78, 5) is 26.3. The molecule has 0 saturated heterocycles. The number of H-pyrrole nitrogens is 1. The number of hydrogen-bond acceptors (Lipinski definition) is 4. The number of nitrogens with one attached hydrogen (secondary N) is 1. The molecule has 0 bridgehead atoms. The Kier molecular flexibility index (Phi) is 8.50. The van der Waals surface area contributed by atoms with E-state index in [9.17, 15) is 9.59 Å². The van der Waals surface area contributed by atoms with Crippen LogP contribution in [0.4, 0.5) is 0 Å². The van der Waals surface area contributed by atoms with Gasteiger partial charge in [0.15, 0.2) is 5.43 Å². The highest BCUT2D eigenvalue weighted by atomic mass is 35.5. The summed E-state index contributed by atoms with van der Waals surface area (Å²) in [6.45, 7) is 7.68. The van der Waals surface area contributed by atoms with Gasteiger partial charge in [-0.25, -0.2) is 4.79 Å². The number of aromatic amines is 1. The molecule has 0 aliphatic heterocycles. The molecule has 0 radical (unpaired) electrons. The number of aromatic carboxylic acids is 1. The van der Waals surface area contributed by atoms with Gasteiger partial charge in [-0.3, -0.25) is 4.79 Å². The minimum atomic E-state index is -1.26. The molecule has 164 valence electrons. The van der Waals surface area contributed by atoms with Gasteiger partial charge in [0.05, 0.1) is 11.6 Å². The molecule has 2 aromatic rings. The third-order valence-corrected chi connectivity index (χ3v) is 5.67. The quantitative estimate of drug-likeness (QED) is 0.475. The lowest BCUT2D eigenvalue weighted by molar-refractivity contribution is 0.0695. The van der Waals surface area contributed by atoms with Crippen molar-refractivity contribution in [3.63, 3.8) is 0 Å². The maximum Gasteiger partial charge on any atom is 0.341 e. The molecular weight excluding hydrogens is 406 g/mol. The number of ether oxygens (including phenoxy) is 2. The molecule has 0 aliphatic rings. The van der Waals surface area contributed by atoms with Gasteiger partial charge in [0.25, 0.3) is 0 Å². The van der Waals surface area contributed by atoms with E-state index < -0.39 is 11.4 Å². The van der Waals surface area contributed by atoms with E-state index in [2.05, 4.69) is 25.8 Å². The summed E-state index contributed by atoms with van der Waals surface area (Å²) in [6, 6.07) is 5.00. The molecule has 7 heteroatoms. The van der Waals surface area contributed by atoms with Crippen LogP contribution in [0.2, 0.25) is 5.02 Å². The Hall–Kier alpha value is -2.31. The monoisotopic (exact) mass is 435 g/mol. The number of carbonyl (C=O) groups is 1. The molecule has 0 saturated carbocycles. The van der Waals surface area contributed by atoms with E-state index in [0.29, 0.717) is 29.7 Å². The van der Waals surface area contributed by atoms with Crippen molar-refractivity contribution in [3.8, 4) is 17.0 Å². The van der Waals surface area contributed by atoms with Crippen molar-refractivity contribution in [3.05, 3.63) is 50.8 Å². The number of rotatable bonds is 11. The first-order valence-electron chi connectivity index (χ1n) is 10.1. The Balaban J connectivity index is 2.44. The zero-order valence-electron chi connectivity index (χ0n) is 18.0. The molecule has 0 atom stereocenters. The second-order valence-corrected chi connectivity index (χ2v) is 8.49. The SMILES string of the molecule is CCC(C)(C)CCc1cc(OCCCOC)c(Cl)cc1-c1cc(=O)c(C(=O)O)c[nH]1. The summed E-state index contributed by atoms with van der Waals surface area (Å²) in [5.41, 5.74) is 1.61. The Morgan fingerprint density at radius 3 is 2.57 bits per heavy atom. The van der Waals surface area contributed by atoms with Gasteiger partial charge in [-0.05, 0) is 36.0 Å². The average molecular weight is 436 g/mol. The van der Waals surface area contributed by atoms with E-state index in [1.54, 1.807) is 13.2 Å². The van der Waals surface area contributed by atoms with Crippen molar-refractivity contribution in [2.45, 2.75) is 46.5 Å². The molecule has 30 heavy (non-hydrogen) atoms. The third-order valence-electron chi connectivity index (χ3n) is 5.37. The van der Waals surface area contributed by atoms with Gasteiger partial charge in [-0.2, -0.15) is 0 Å². The number of benzene rings is 1. The summed E-state index contributed by atoms with van der Waals surface area (Å²) < 4.78 is 10.9. The Bertz CT molecular complexity index is 936. The molecule has 0 unspecified atom stereocenters. The van der Waals surface area contributed by atoms with Crippen LogP contribution < -0.4 is 10.2 Å². The van der Waals surface area contributed by atoms with E-state index in [1.807, 2.05) is 6.07 Å². The highest BCUT2D eigenvalue weighted by Gasteiger charge is 2.19. The number of methoxy groups -OCH3 is 1. The largest absolute Gasteiger partial charge is 0.492 e. The van der Waals surface area contributed by atoms with Crippen LogP contribution >= 0.6 is 11.6 Å². The van der Waals surface area contributed by atoms with Crippen LogP contribution in [0.3, 0.4) is 0 Å². The van der Waals surface area contributed by atoms with Crippen LogP contribution in [-0.4, -0.2) is 36.4 Å². The lowest BCUT2D eigenvalue weighted by atomic mass is 9.83. The number of carboxylic acids is 1. The number of halogens is 1. The fourth-order valence-corrected chi connectivity index (χ4v) is 3.21. The topological polar surface area (TPSA) is 88.6 Å². The van der Waals surface area contributed by atoms with Crippen molar-refractivity contribution in [1.82, 2.24) is 4.98 Å². The predicted octanol–water partition coefficient (Wildman–Crippen LogP) is 5.18. The molecule has 1 aromatic carbocycles. The van der Waals surface area contributed by atoms with Crippen LogP contribution in [0, 0.1) is 5.41 Å². The summed E-state index contributed by atoms with van der Waals surface area (Å²) in [5.74, 6) is -0.670. The van der Waals surface area contributed by atoms with Gasteiger partial charge >= 0.3 is 5.97 Å². The van der Waals surface area contributed by atoms with Crippen LogP contribution in [-0.2, 0) is 11.2 Å². The smallest absolute Gasteiger partial charge is 0.341 e. The van der Waals surface area contributed by atoms with Gasteiger partial charge in [0.1, 0.15) is 11.3 Å². The van der Waals surface area contributed by atoms with Gasteiger partial charge in [0.2, 0.25) is 0 Å². The van der Waals surface area contributed by atoms with Crippen molar-refractivity contribution in [2.75, 3.05) is 20.3 Å². The van der Waals surface area contributed by atoms with Gasteiger partial charge < -0.3 is 19.6 Å². The number of aromatic nitrogens is 1. The number of pyridine rings is 1. The van der Waals surface area contributed by atoms with E-state index >= 15 is 0 Å². The highest BCUT2D eigenvalue weighted by molar-refractivity contribution is 6.32. The summed E-state index contributed by atoms with van der Waals surface area (Å²) in [5, 5.41) is 9.55. The Morgan fingerprint density at radius 1 is 1.23 bits per heavy atom. The highest BCUT2D eigenvalue weighted by Crippen LogP contribution is 2.36. The zero-order chi connectivity index (χ0) is 22.3. The van der Waals surface area contributed by atoms with Crippen LogP contribution in [0.1, 0.15) is 56.0 Å². The molecule has 2 N–H and O–H groups in total. The summed E-state index contributed by atoms with van der Waals surface area (Å²) >= 11 is 6.46. The first-order valence-corrected chi connectivity index (χ1v) is 10.5. The molecule has 0 spiro atoms. The maximum atomic E-state index is 12.2. The minimum Gasteiger partial charge on any atom is -0.492 e. The fraction of sp³-hybridized carbons (Fsp3) is 0.478. The zero-order valence-corrected chi connectivity index (χ0v) is 18.8. The predicted molar refractivity (Wildman–Crippen MR) is 119 cm³/mol. The third kappa shape index (κ3) is 6.34. The van der Waals surface area contributed by atoms with Crippen molar-refractivity contribution in [2.24, 2.45) is 5.41 Å². The second-order valence-electron chi connectivity index (χ2n) is 8.08. The molecule has 1 aromatic heterocycles. The average Bonchev–Trinajstić information content (AvgIpc) is 2.70. The van der Waals surface area contributed by atoms with Gasteiger partial charge in [0, 0.05) is 43.7 Å². The second kappa shape index (κ2) is 10.6. The molecular formula is C23H30ClNO5. The lowest BCUT2D eigenvalue weighted by Crippen LogP contribution is -2.15. The molecule has 0 amide bonds. The number of hydrogen-bond donors (Lipinski definition) is 2. The van der Waals surface area contributed by atoms with Gasteiger partial charge in [-0.15, -0.1) is 0 Å². The molecule has 2 rings (SSSR count). The van der Waals surface area contributed by atoms with E-state index in [1.165, 1.54) is 12.3 Å². The van der Waals surface area contributed by atoms with Crippen LogP contribution in [0.25, 0.3) is 11.3 Å². The maximum absolute atomic E-state index is 12.2. The minimum absolute atomic E-state index is 0.164. The first-order chi connectivity index (χ1) is 14.2. The summed E-state index contributed by atoms with van der Waals surface area (Å²) in [7, 11) is 1.64. The number of carboxylic acid groups (broad SMARTS) is 1. The van der Waals surface area contributed by atoms with E-state index in [-0.39, 0.29) is 11.0 Å². The van der Waals surface area contributed by atoms with Crippen molar-refractivity contribution < 1.29 is 19.4 Å². The molecule has 0 fully saturated rings. The van der Waals surface area contributed by atoms with Crippen LogP contribution in [0.15, 0.2) is 29.2 Å². The standard InChI is InChI=1S/C23H30ClNO5/c1-5-23(2,3)8-7-15-11-21(30-10-6-9-29-4)18(24)12-16(15)19-13-20(26)17(14-25-19)22(27)28/h11-14H,5-10H2,1-4H3,(H,25,26)(H,27,28). The van der Waals surface area contributed by atoms with Gasteiger partial charge in [-0.1, -0.05) is 38.8 Å². The van der Waals surface area contributed by atoms with E-state index in [4.69, 9.17) is 26.2 Å². The fourth-order valence-electron chi connectivity index (χ4n) is 2.99. The van der Waals surface area contributed by atoms with Crippen LogP contribution in [0.5, 0.6) is 5.75 Å². The lowest BCUT2D eigenvalue weighted by Gasteiger charge is -2.23. The Morgan fingerprint density at radius 2 is 1.97 bits per heavy atom. The molecule has 6 nitrogen and oxygen atoms in total. The summed E-state index contributed by atoms with van der Waals surface area (Å²) in [6.07, 6.45) is 4.73. The Labute approximate surface area is 182 Å². The first kappa shape index (κ1) is 24.0. The molecule has 1 heterocycles. The normalized spacial score (nSPS) is 11.5. The van der Waals surface area contributed by atoms with E-state index in [0.717, 1.165) is 36.8 Å². The number of aryl methyl sites for hydroxylation is 1. The molecule has 0 aliphatic carbocycles. The van der Waals surface area contributed by atoms with Crippen molar-refractivity contribution >= 4 is 17.6 Å². The van der Waals surface area contributed by atoms with Crippen molar-refractivity contribution in [1.29, 1.82) is 0 Å².